The van der Waals surface area contributed by atoms with Crippen LogP contribution in [0.2, 0.25) is 0 Å². The maximum Gasteiger partial charge on any atom is 0.231 e. The molecule has 7 nitrogen and oxygen atoms in total. The standard InChI is InChI=1S/C21H27N3O4/c1-4-22-21(24-13-16-6-8-18-20(12-16)28-14-27-18)23-10-9-15-5-7-17(25-2)19(11-15)26-3/h5-8,11-12H,4,9-10,13-14H2,1-3H3,(H2,22,23,24). The van der Waals surface area contributed by atoms with Crippen LogP contribution in [0.15, 0.2) is 41.4 Å². The molecule has 1 heterocycles. The van der Waals surface area contributed by atoms with Gasteiger partial charge in [0.15, 0.2) is 29.0 Å². The first kappa shape index (κ1) is 19.7. The average Bonchev–Trinajstić information content (AvgIpc) is 3.19. The number of fused-ring (bicyclic) bond motifs is 1. The first-order valence-corrected chi connectivity index (χ1v) is 9.35. The topological polar surface area (TPSA) is 73.3 Å². The van der Waals surface area contributed by atoms with Gasteiger partial charge in [-0.3, -0.25) is 0 Å². The summed E-state index contributed by atoms with van der Waals surface area (Å²) in [5.74, 6) is 3.81. The van der Waals surface area contributed by atoms with Gasteiger partial charge in [-0.2, -0.15) is 0 Å². The highest BCUT2D eigenvalue weighted by atomic mass is 16.7. The van der Waals surface area contributed by atoms with E-state index in [0.717, 1.165) is 59.6 Å². The van der Waals surface area contributed by atoms with E-state index in [1.54, 1.807) is 14.2 Å². The molecule has 28 heavy (non-hydrogen) atoms. The molecule has 3 rings (SSSR count). The molecule has 0 atom stereocenters. The number of hydrogen-bond acceptors (Lipinski definition) is 5. The highest BCUT2D eigenvalue weighted by Gasteiger charge is 2.13. The minimum Gasteiger partial charge on any atom is -0.493 e. The summed E-state index contributed by atoms with van der Waals surface area (Å²) in [4.78, 5) is 4.65. The van der Waals surface area contributed by atoms with Crippen molar-refractivity contribution < 1.29 is 18.9 Å². The molecule has 7 heteroatoms. The highest BCUT2D eigenvalue weighted by Crippen LogP contribution is 2.32. The Bertz CT molecular complexity index is 823. The number of nitrogens with zero attached hydrogens (tertiary/aromatic N) is 1. The lowest BCUT2D eigenvalue weighted by Crippen LogP contribution is -2.38. The predicted molar refractivity (Wildman–Crippen MR) is 109 cm³/mol. The van der Waals surface area contributed by atoms with Gasteiger partial charge in [-0.15, -0.1) is 0 Å². The molecule has 1 aliphatic heterocycles. The van der Waals surface area contributed by atoms with Crippen LogP contribution in [0.1, 0.15) is 18.1 Å². The van der Waals surface area contributed by atoms with E-state index in [0.29, 0.717) is 6.54 Å². The second-order valence-electron chi connectivity index (χ2n) is 6.25. The molecule has 0 radical (unpaired) electrons. The zero-order chi connectivity index (χ0) is 19.8. The van der Waals surface area contributed by atoms with Crippen molar-refractivity contribution in [1.29, 1.82) is 0 Å². The van der Waals surface area contributed by atoms with Crippen molar-refractivity contribution in [2.45, 2.75) is 19.9 Å². The zero-order valence-corrected chi connectivity index (χ0v) is 16.6. The van der Waals surface area contributed by atoms with Crippen molar-refractivity contribution in [3.8, 4) is 23.0 Å². The molecule has 0 saturated carbocycles. The first-order valence-electron chi connectivity index (χ1n) is 9.35. The Kier molecular flexibility index (Phi) is 6.84. The molecule has 0 amide bonds. The normalized spacial score (nSPS) is 12.6. The summed E-state index contributed by atoms with van der Waals surface area (Å²) in [5, 5.41) is 6.64. The number of ether oxygens (including phenoxy) is 4. The molecule has 2 N–H and O–H groups in total. The molecular formula is C21H27N3O4. The lowest BCUT2D eigenvalue weighted by molar-refractivity contribution is 0.174. The van der Waals surface area contributed by atoms with Crippen LogP contribution in [0.4, 0.5) is 0 Å². The fourth-order valence-electron chi connectivity index (χ4n) is 2.91. The van der Waals surface area contributed by atoms with E-state index < -0.39 is 0 Å². The van der Waals surface area contributed by atoms with E-state index in [-0.39, 0.29) is 6.79 Å². The van der Waals surface area contributed by atoms with Crippen LogP contribution in [-0.2, 0) is 13.0 Å². The van der Waals surface area contributed by atoms with Crippen molar-refractivity contribution in [1.82, 2.24) is 10.6 Å². The lowest BCUT2D eigenvalue weighted by Gasteiger charge is -2.13. The maximum atomic E-state index is 5.42. The molecule has 0 unspecified atom stereocenters. The van der Waals surface area contributed by atoms with Gasteiger partial charge in [-0.1, -0.05) is 12.1 Å². The third-order valence-corrected chi connectivity index (χ3v) is 4.36. The second-order valence-corrected chi connectivity index (χ2v) is 6.25. The van der Waals surface area contributed by atoms with Gasteiger partial charge in [0.25, 0.3) is 0 Å². The Labute approximate surface area is 165 Å². The monoisotopic (exact) mass is 385 g/mol. The summed E-state index contributed by atoms with van der Waals surface area (Å²) >= 11 is 0. The largest absolute Gasteiger partial charge is 0.493 e. The van der Waals surface area contributed by atoms with Gasteiger partial charge in [0.05, 0.1) is 20.8 Å². The Hall–Kier alpha value is -3.09. The van der Waals surface area contributed by atoms with Gasteiger partial charge in [-0.25, -0.2) is 4.99 Å². The van der Waals surface area contributed by atoms with Crippen molar-refractivity contribution in [3.63, 3.8) is 0 Å². The van der Waals surface area contributed by atoms with Gasteiger partial charge in [-0.05, 0) is 48.7 Å². The molecule has 0 saturated heterocycles. The molecule has 0 spiro atoms. The Morgan fingerprint density at radius 1 is 0.964 bits per heavy atom. The van der Waals surface area contributed by atoms with E-state index in [1.165, 1.54) is 0 Å². The summed E-state index contributed by atoms with van der Waals surface area (Å²) in [6.07, 6.45) is 0.842. The zero-order valence-electron chi connectivity index (χ0n) is 16.6. The van der Waals surface area contributed by atoms with Gasteiger partial charge < -0.3 is 29.6 Å². The number of methoxy groups -OCH3 is 2. The molecule has 0 bridgehead atoms. The fourth-order valence-corrected chi connectivity index (χ4v) is 2.91. The molecule has 0 fully saturated rings. The van der Waals surface area contributed by atoms with Gasteiger partial charge >= 0.3 is 0 Å². The quantitative estimate of drug-likeness (QED) is 0.538. The number of benzene rings is 2. The summed E-state index contributed by atoms with van der Waals surface area (Å²) in [7, 11) is 3.28. The minimum absolute atomic E-state index is 0.280. The van der Waals surface area contributed by atoms with Crippen LogP contribution >= 0.6 is 0 Å². The first-order chi connectivity index (χ1) is 13.7. The van der Waals surface area contributed by atoms with Crippen molar-refractivity contribution in [2.75, 3.05) is 34.1 Å². The van der Waals surface area contributed by atoms with Crippen LogP contribution in [0.5, 0.6) is 23.0 Å². The highest BCUT2D eigenvalue weighted by molar-refractivity contribution is 5.79. The SMILES string of the molecule is CCNC(=NCc1ccc2c(c1)OCO2)NCCc1ccc(OC)c(OC)c1. The molecule has 0 aromatic heterocycles. The van der Waals surface area contributed by atoms with E-state index in [2.05, 4.69) is 15.6 Å². The fraction of sp³-hybridized carbons (Fsp3) is 0.381. The average molecular weight is 385 g/mol. The van der Waals surface area contributed by atoms with Crippen molar-refractivity contribution in [3.05, 3.63) is 47.5 Å². The number of rotatable bonds is 8. The molecule has 0 aliphatic carbocycles. The Morgan fingerprint density at radius 2 is 1.75 bits per heavy atom. The molecular weight excluding hydrogens is 358 g/mol. The van der Waals surface area contributed by atoms with Gasteiger partial charge in [0, 0.05) is 13.1 Å². The van der Waals surface area contributed by atoms with E-state index in [9.17, 15) is 0 Å². The van der Waals surface area contributed by atoms with E-state index in [4.69, 9.17) is 18.9 Å². The van der Waals surface area contributed by atoms with Gasteiger partial charge in [0.1, 0.15) is 0 Å². The summed E-state index contributed by atoms with van der Waals surface area (Å²) in [5.41, 5.74) is 2.23. The predicted octanol–water partition coefficient (Wildman–Crippen LogP) is 2.73. The molecule has 150 valence electrons. The number of aliphatic imine (C=N–C) groups is 1. The van der Waals surface area contributed by atoms with Gasteiger partial charge in [0.2, 0.25) is 6.79 Å². The van der Waals surface area contributed by atoms with Crippen LogP contribution < -0.4 is 29.6 Å². The number of hydrogen-bond donors (Lipinski definition) is 2. The molecule has 1 aliphatic rings. The van der Waals surface area contributed by atoms with Crippen molar-refractivity contribution >= 4 is 5.96 Å². The Balaban J connectivity index is 1.56. The number of guanidine groups is 1. The van der Waals surface area contributed by atoms with E-state index >= 15 is 0 Å². The summed E-state index contributed by atoms with van der Waals surface area (Å²) in [6, 6.07) is 11.9. The van der Waals surface area contributed by atoms with E-state index in [1.807, 2.05) is 43.3 Å². The lowest BCUT2D eigenvalue weighted by atomic mass is 10.1. The van der Waals surface area contributed by atoms with Crippen LogP contribution in [-0.4, -0.2) is 40.1 Å². The van der Waals surface area contributed by atoms with Crippen LogP contribution in [0, 0.1) is 0 Å². The second kappa shape index (κ2) is 9.73. The third-order valence-electron chi connectivity index (χ3n) is 4.36. The summed E-state index contributed by atoms with van der Waals surface area (Å²) in [6.45, 7) is 4.43. The van der Waals surface area contributed by atoms with Crippen molar-refractivity contribution in [2.24, 2.45) is 4.99 Å². The third kappa shape index (κ3) is 5.00. The van der Waals surface area contributed by atoms with Crippen LogP contribution in [0.25, 0.3) is 0 Å². The molecule has 2 aromatic rings. The number of nitrogens with one attached hydrogen (secondary N) is 2. The minimum atomic E-state index is 0.280. The smallest absolute Gasteiger partial charge is 0.231 e. The van der Waals surface area contributed by atoms with Crippen LogP contribution in [0.3, 0.4) is 0 Å². The summed E-state index contributed by atoms with van der Waals surface area (Å²) < 4.78 is 21.4. The maximum absolute atomic E-state index is 5.42. The molecule has 2 aromatic carbocycles. The Morgan fingerprint density at radius 3 is 2.54 bits per heavy atom.